The molecule has 0 amide bonds. The number of esters is 1. The van der Waals surface area contributed by atoms with Gasteiger partial charge in [0.25, 0.3) is 5.69 Å². The zero-order chi connectivity index (χ0) is 53.5. The number of rotatable bonds is 18. The molecular formula is C51H83N5O16. The Balaban J connectivity index is 1.38. The average molecular weight is 1020 g/mol. The highest BCUT2D eigenvalue weighted by Crippen LogP contribution is 2.41. The minimum atomic E-state index is -2.00. The number of cyclic esters (lactones) is 1. The highest BCUT2D eigenvalue weighted by molar-refractivity contribution is 5.83. The summed E-state index contributed by atoms with van der Waals surface area (Å²) in [7, 11) is 4.94. The van der Waals surface area contributed by atoms with Gasteiger partial charge in [-0.05, 0) is 80.0 Å². The van der Waals surface area contributed by atoms with E-state index >= 15 is 0 Å². The van der Waals surface area contributed by atoms with Crippen molar-refractivity contribution < 1.29 is 72.8 Å². The van der Waals surface area contributed by atoms with Crippen molar-refractivity contribution in [1.29, 1.82) is 0 Å². The van der Waals surface area contributed by atoms with Crippen LogP contribution in [-0.4, -0.2) is 182 Å². The van der Waals surface area contributed by atoms with Gasteiger partial charge in [-0.1, -0.05) is 32.9 Å². The van der Waals surface area contributed by atoms with Crippen LogP contribution in [0.15, 0.2) is 30.5 Å². The van der Waals surface area contributed by atoms with Gasteiger partial charge in [-0.15, -0.1) is 5.10 Å². The molecule has 2 aromatic rings. The van der Waals surface area contributed by atoms with Gasteiger partial charge < -0.3 is 63.2 Å². The molecule has 5 rings (SSSR count). The number of nitrogens with zero attached hydrogens (tertiary/aromatic N) is 5. The van der Waals surface area contributed by atoms with Crippen molar-refractivity contribution in [3.05, 3.63) is 46.3 Å². The lowest BCUT2D eigenvalue weighted by molar-refractivity contribution is -0.384. The third kappa shape index (κ3) is 13.9. The van der Waals surface area contributed by atoms with Gasteiger partial charge in [0.1, 0.15) is 35.4 Å². The summed E-state index contributed by atoms with van der Waals surface area (Å²) in [5, 5.41) is 66.2. The molecule has 21 nitrogen and oxygen atoms in total. The number of non-ortho nitro benzene ring substituents is 1. The van der Waals surface area contributed by atoms with E-state index in [0.717, 1.165) is 5.69 Å². The molecule has 4 heterocycles. The van der Waals surface area contributed by atoms with E-state index < -0.39 is 113 Å². The number of ether oxygens (including phenoxy) is 8. The molecule has 1 aromatic heterocycles. The third-order valence-corrected chi connectivity index (χ3v) is 15.6. The highest BCUT2D eigenvalue weighted by atomic mass is 16.7. The van der Waals surface area contributed by atoms with Crippen molar-refractivity contribution in [2.24, 2.45) is 23.7 Å². The summed E-state index contributed by atoms with van der Waals surface area (Å²) in [6.45, 7) is 18.5. The number of Topliss-reactive ketones (excluding diaryl/α,β-unsaturated/α-hetero) is 1. The molecule has 72 heavy (non-hydrogen) atoms. The zero-order valence-electron chi connectivity index (χ0n) is 44.5. The Morgan fingerprint density at radius 2 is 1.61 bits per heavy atom. The number of benzene rings is 1. The van der Waals surface area contributed by atoms with Crippen LogP contribution in [0.5, 0.6) is 5.75 Å². The van der Waals surface area contributed by atoms with Crippen molar-refractivity contribution in [1.82, 2.24) is 19.9 Å². The van der Waals surface area contributed by atoms with E-state index in [4.69, 9.17) is 37.9 Å². The molecule has 3 aliphatic rings. The molecule has 21 heteroatoms. The fourth-order valence-corrected chi connectivity index (χ4v) is 10.9. The quantitative estimate of drug-likeness (QED) is 0.0710. The van der Waals surface area contributed by atoms with Crippen LogP contribution >= 0.6 is 0 Å². The Morgan fingerprint density at radius 3 is 2.24 bits per heavy atom. The summed E-state index contributed by atoms with van der Waals surface area (Å²) < 4.78 is 52.1. The first-order chi connectivity index (χ1) is 33.8. The molecule has 0 bridgehead atoms. The number of ketones is 1. The minimum Gasteiger partial charge on any atom is -0.494 e. The summed E-state index contributed by atoms with van der Waals surface area (Å²) >= 11 is 0. The Morgan fingerprint density at radius 1 is 0.944 bits per heavy atom. The number of nitro groups is 1. The zero-order valence-corrected chi connectivity index (χ0v) is 44.5. The Bertz CT molecular complexity index is 2060. The SMILES string of the molecule is CC[C@H]1OC(=O)[C@H](C)[C@@H](OC[C@H]2C[C@@](C)(OC)[C@@H](O)[C@H](C)O2)[C@H](C)[C@@H](O[C@@H]2O[C@H](C)C[C@H](N(C)CCc3cn(CCCOc4ccc([N+](=O)[O-])cc4)nn3)[C@H]2O)[C@](C)(OC)C[C@@H](C)C(=O)[C@H](C)[C@@H](O)[C@]1(C)O. The van der Waals surface area contributed by atoms with Gasteiger partial charge in [0.05, 0.1) is 77.6 Å². The maximum Gasteiger partial charge on any atom is 0.311 e. The fourth-order valence-electron chi connectivity index (χ4n) is 10.9. The molecule has 0 saturated carbocycles. The van der Waals surface area contributed by atoms with E-state index in [-0.39, 0.29) is 43.4 Å². The van der Waals surface area contributed by atoms with Gasteiger partial charge in [-0.25, -0.2) is 0 Å². The number of nitro benzene ring substituents is 1. The average Bonchev–Trinajstić information content (AvgIpc) is 3.81. The second kappa shape index (κ2) is 25.2. The normalized spacial score (nSPS) is 38.6. The predicted octanol–water partition coefficient (Wildman–Crippen LogP) is 4.06. The molecule has 18 atom stereocenters. The lowest BCUT2D eigenvalue weighted by Gasteiger charge is -2.49. The van der Waals surface area contributed by atoms with E-state index in [1.54, 1.807) is 65.3 Å². The highest BCUT2D eigenvalue weighted by Gasteiger charge is 2.53. The molecule has 3 fully saturated rings. The van der Waals surface area contributed by atoms with Crippen molar-refractivity contribution in [2.45, 2.75) is 198 Å². The largest absolute Gasteiger partial charge is 0.494 e. The van der Waals surface area contributed by atoms with Gasteiger partial charge >= 0.3 is 5.97 Å². The van der Waals surface area contributed by atoms with Crippen molar-refractivity contribution in [3.8, 4) is 5.75 Å². The molecule has 0 aliphatic carbocycles. The first-order valence-electron chi connectivity index (χ1n) is 25.5. The van der Waals surface area contributed by atoms with Crippen LogP contribution in [0.3, 0.4) is 0 Å². The number of aliphatic hydroxyl groups excluding tert-OH is 3. The number of hydrogen-bond donors (Lipinski definition) is 4. The summed E-state index contributed by atoms with van der Waals surface area (Å²) in [6.07, 6.45) is -5.68. The minimum absolute atomic E-state index is 0.00841. The summed E-state index contributed by atoms with van der Waals surface area (Å²) in [4.78, 5) is 41.2. The number of likely N-dealkylation sites (N-methyl/N-ethyl adjacent to an activating group) is 1. The van der Waals surface area contributed by atoms with Gasteiger partial charge in [0.15, 0.2) is 6.29 Å². The number of aromatic nitrogens is 3. The monoisotopic (exact) mass is 1020 g/mol. The lowest BCUT2D eigenvalue weighted by Crippen LogP contribution is -2.61. The second-order valence-electron chi connectivity index (χ2n) is 21.2. The number of aryl methyl sites for hydroxylation is 1. The maximum atomic E-state index is 14.4. The second-order valence-corrected chi connectivity index (χ2v) is 21.2. The number of methoxy groups -OCH3 is 2. The van der Waals surface area contributed by atoms with Gasteiger partial charge in [0, 0.05) is 88.7 Å². The number of carbonyl (C=O) groups excluding carboxylic acids is 2. The Kier molecular flexibility index (Phi) is 20.7. The Labute approximate surface area is 424 Å². The molecule has 4 N–H and O–H groups in total. The smallest absolute Gasteiger partial charge is 0.311 e. The first kappa shape index (κ1) is 59.1. The molecule has 0 radical (unpaired) electrons. The molecule has 408 valence electrons. The van der Waals surface area contributed by atoms with Crippen LogP contribution in [0, 0.1) is 33.8 Å². The van der Waals surface area contributed by atoms with Gasteiger partial charge in [-0.3, -0.25) is 24.4 Å². The van der Waals surface area contributed by atoms with E-state index in [1.165, 1.54) is 33.3 Å². The molecular weight excluding hydrogens is 939 g/mol. The topological polar surface area (TPSA) is 266 Å². The third-order valence-electron chi connectivity index (χ3n) is 15.6. The van der Waals surface area contributed by atoms with E-state index in [0.29, 0.717) is 44.7 Å². The molecule has 3 aliphatic heterocycles. The van der Waals surface area contributed by atoms with E-state index in [9.17, 15) is 40.1 Å². The van der Waals surface area contributed by atoms with E-state index in [1.807, 2.05) is 32.0 Å². The van der Waals surface area contributed by atoms with Crippen LogP contribution in [0.25, 0.3) is 0 Å². The van der Waals surface area contributed by atoms with Crippen LogP contribution in [0.2, 0.25) is 0 Å². The van der Waals surface area contributed by atoms with Crippen molar-refractivity contribution in [3.63, 3.8) is 0 Å². The molecule has 3 saturated heterocycles. The van der Waals surface area contributed by atoms with E-state index in [2.05, 4.69) is 10.3 Å². The summed E-state index contributed by atoms with van der Waals surface area (Å²) in [5.41, 5.74) is -3.52. The fraction of sp³-hybridized carbons (Fsp3) is 0.804. The lowest BCUT2D eigenvalue weighted by atomic mass is 9.74. The number of carbonyl (C=O) groups is 2. The molecule has 1 aromatic carbocycles. The predicted molar refractivity (Wildman–Crippen MR) is 262 cm³/mol. The summed E-state index contributed by atoms with van der Waals surface area (Å²) in [5.74, 6) is -4.09. The first-order valence-corrected chi connectivity index (χ1v) is 25.5. The van der Waals surface area contributed by atoms with Crippen LogP contribution in [0.4, 0.5) is 5.69 Å². The van der Waals surface area contributed by atoms with Gasteiger partial charge in [-0.2, -0.15) is 0 Å². The van der Waals surface area contributed by atoms with Crippen LogP contribution in [-0.2, 0) is 55.7 Å². The number of hydrogen-bond acceptors (Lipinski definition) is 19. The standard InChI is InChI=1S/C51H83N5O16/c1-14-40-51(10,62)44(59)31(4)41(57)29(2)25-50(9,66-13)46(32(5)43(33(6)47(61)71-40)68-28-38-26-49(8,65-12)45(60)34(7)70-38)72-48-42(58)39(24-30(3)69-48)54(11)22-20-35-27-55(53-52-35)21-15-23-67-37-18-16-36(17-19-37)56(63)64/h16-19,27,29-34,38-40,42-46,48,58-60,62H,14-15,20-26,28H2,1-13H3/t29-,30-,31+,32+,33-,34+,38-,39+,40-,42-,43+,44-,45+,46-,48+,49-,50-,51-/m1/s1. The van der Waals surface area contributed by atoms with Crippen molar-refractivity contribution in [2.75, 3.05) is 41.0 Å². The van der Waals surface area contributed by atoms with Crippen LogP contribution in [0.1, 0.15) is 107 Å². The molecule has 0 spiro atoms. The summed E-state index contributed by atoms with van der Waals surface area (Å²) in [6, 6.07) is 5.48. The molecule has 0 unspecified atom stereocenters. The maximum absolute atomic E-state index is 14.4. The van der Waals surface area contributed by atoms with Crippen LogP contribution < -0.4 is 4.74 Å². The number of aliphatic hydroxyl groups is 4. The van der Waals surface area contributed by atoms with Crippen molar-refractivity contribution >= 4 is 17.4 Å². The van der Waals surface area contributed by atoms with Gasteiger partial charge in [0.2, 0.25) is 0 Å². The Hall–Kier alpha value is -3.74.